The number of aromatic nitrogens is 2. The van der Waals surface area contributed by atoms with Crippen molar-refractivity contribution in [1.29, 1.82) is 0 Å². The summed E-state index contributed by atoms with van der Waals surface area (Å²) >= 11 is 0. The third-order valence-electron chi connectivity index (χ3n) is 3.30. The van der Waals surface area contributed by atoms with Gasteiger partial charge in [0.15, 0.2) is 11.6 Å². The van der Waals surface area contributed by atoms with E-state index >= 15 is 0 Å². The van der Waals surface area contributed by atoms with Crippen molar-refractivity contribution in [3.8, 4) is 0 Å². The lowest BCUT2D eigenvalue weighted by Crippen LogP contribution is -2.35. The predicted molar refractivity (Wildman–Crippen MR) is 59.1 cm³/mol. The molecule has 0 unspecified atom stereocenters. The smallest absolute Gasteiger partial charge is 0.350 e. The van der Waals surface area contributed by atoms with Crippen LogP contribution >= 0.6 is 0 Å². The summed E-state index contributed by atoms with van der Waals surface area (Å²) in [5.74, 6) is -1.94. The number of nitrogen functional groups attached to an aromatic ring is 1. The lowest BCUT2D eigenvalue weighted by atomic mass is 10.1. The van der Waals surface area contributed by atoms with Gasteiger partial charge in [-0.05, 0) is 6.42 Å². The molecule has 1 aromatic rings. The van der Waals surface area contributed by atoms with Gasteiger partial charge in [-0.2, -0.15) is 4.98 Å². The van der Waals surface area contributed by atoms with Crippen LogP contribution in [0.1, 0.15) is 12.5 Å². The highest BCUT2D eigenvalue weighted by Crippen LogP contribution is 2.34. The molecule has 4 atom stereocenters. The minimum atomic E-state index is -1.26. The van der Waals surface area contributed by atoms with E-state index in [4.69, 9.17) is 10.8 Å². The second-order valence-corrected chi connectivity index (χ2v) is 4.39. The molecule has 100 valence electrons. The summed E-state index contributed by atoms with van der Waals surface area (Å²) in [7, 11) is 0. The summed E-state index contributed by atoms with van der Waals surface area (Å²) in [6.45, 7) is -0.325. The Hall–Kier alpha value is -1.51. The highest BCUT2D eigenvalue weighted by Gasteiger charge is 2.42. The fraction of sp³-hybridized carbons (Fsp3) is 0.600. The number of nitrogens with zero attached hydrogens (tertiary/aromatic N) is 2. The fourth-order valence-corrected chi connectivity index (χ4v) is 2.25. The van der Waals surface area contributed by atoms with Gasteiger partial charge in [0.2, 0.25) is 0 Å². The SMILES string of the molecule is Nc1nc(=O)n([C@@H]2C[C@H](CO)[C@@H](O)[C@H]2O)cc1F. The second kappa shape index (κ2) is 4.63. The average Bonchev–Trinajstić information content (AvgIpc) is 2.61. The Labute approximate surface area is 101 Å². The zero-order chi connectivity index (χ0) is 13.4. The fourth-order valence-electron chi connectivity index (χ4n) is 2.25. The minimum Gasteiger partial charge on any atom is -0.396 e. The van der Waals surface area contributed by atoms with Crippen molar-refractivity contribution in [3.05, 3.63) is 22.5 Å². The Morgan fingerprint density at radius 1 is 1.50 bits per heavy atom. The van der Waals surface area contributed by atoms with Gasteiger partial charge < -0.3 is 21.1 Å². The van der Waals surface area contributed by atoms with Crippen LogP contribution < -0.4 is 11.4 Å². The first-order chi connectivity index (χ1) is 8.45. The summed E-state index contributed by atoms with van der Waals surface area (Å²) in [4.78, 5) is 14.9. The van der Waals surface area contributed by atoms with E-state index < -0.39 is 41.5 Å². The van der Waals surface area contributed by atoms with E-state index in [1.54, 1.807) is 0 Å². The van der Waals surface area contributed by atoms with Gasteiger partial charge in [-0.15, -0.1) is 0 Å². The number of rotatable bonds is 2. The molecule has 0 aromatic carbocycles. The Bertz CT molecular complexity index is 506. The van der Waals surface area contributed by atoms with Gasteiger partial charge >= 0.3 is 5.69 Å². The molecule has 1 heterocycles. The van der Waals surface area contributed by atoms with Crippen molar-refractivity contribution in [3.63, 3.8) is 0 Å². The van der Waals surface area contributed by atoms with E-state index in [-0.39, 0.29) is 13.0 Å². The highest BCUT2D eigenvalue weighted by molar-refractivity contribution is 5.26. The minimum absolute atomic E-state index is 0.157. The van der Waals surface area contributed by atoms with Gasteiger partial charge in [0.1, 0.15) is 6.10 Å². The predicted octanol–water partition coefficient (Wildman–Crippen LogP) is -1.76. The van der Waals surface area contributed by atoms with Crippen molar-refractivity contribution >= 4 is 5.82 Å². The van der Waals surface area contributed by atoms with Gasteiger partial charge in [0, 0.05) is 18.7 Å². The van der Waals surface area contributed by atoms with Gasteiger partial charge in [-0.3, -0.25) is 4.57 Å². The van der Waals surface area contributed by atoms with Crippen molar-refractivity contribution < 1.29 is 19.7 Å². The van der Waals surface area contributed by atoms with Crippen molar-refractivity contribution in [1.82, 2.24) is 9.55 Å². The van der Waals surface area contributed by atoms with Crippen LogP contribution in [0.25, 0.3) is 0 Å². The Morgan fingerprint density at radius 3 is 2.72 bits per heavy atom. The number of aliphatic hydroxyl groups excluding tert-OH is 3. The van der Waals surface area contributed by atoms with Crippen LogP contribution in [0.4, 0.5) is 10.2 Å². The van der Waals surface area contributed by atoms with E-state index in [0.29, 0.717) is 0 Å². The first kappa shape index (κ1) is 12.9. The molecule has 1 fully saturated rings. The molecule has 1 saturated carbocycles. The molecule has 0 radical (unpaired) electrons. The number of hydrogen-bond acceptors (Lipinski definition) is 6. The molecule has 1 aromatic heterocycles. The van der Waals surface area contributed by atoms with Gasteiger partial charge in [-0.25, -0.2) is 9.18 Å². The number of nitrogens with two attached hydrogens (primary N) is 1. The standard InChI is InChI=1S/C10H14FN3O4/c11-5-2-14(10(18)13-9(5)12)6-1-4(3-15)7(16)8(6)17/h2,4,6-8,15-17H,1,3H2,(H2,12,13,18)/t4-,6-,7-,8+/m1/s1. The molecule has 0 amide bonds. The van der Waals surface area contributed by atoms with Crippen LogP contribution in [0, 0.1) is 11.7 Å². The summed E-state index contributed by atoms with van der Waals surface area (Å²) in [5.41, 5.74) is 4.35. The molecule has 7 nitrogen and oxygen atoms in total. The molecular formula is C10H14FN3O4. The van der Waals surface area contributed by atoms with Crippen LogP contribution in [0.2, 0.25) is 0 Å². The maximum absolute atomic E-state index is 13.3. The second-order valence-electron chi connectivity index (χ2n) is 4.39. The van der Waals surface area contributed by atoms with Gasteiger partial charge in [0.25, 0.3) is 0 Å². The van der Waals surface area contributed by atoms with E-state index in [0.717, 1.165) is 10.8 Å². The Balaban J connectivity index is 2.39. The first-order valence-corrected chi connectivity index (χ1v) is 5.47. The molecular weight excluding hydrogens is 245 g/mol. The third kappa shape index (κ3) is 1.98. The van der Waals surface area contributed by atoms with E-state index in [2.05, 4.69) is 4.98 Å². The molecule has 5 N–H and O–H groups in total. The summed E-state index contributed by atoms with van der Waals surface area (Å²) in [5, 5.41) is 28.5. The van der Waals surface area contributed by atoms with Crippen molar-refractivity contribution in [2.45, 2.75) is 24.7 Å². The topological polar surface area (TPSA) is 122 Å². The molecule has 1 aliphatic carbocycles. The molecule has 8 heteroatoms. The molecule has 18 heavy (non-hydrogen) atoms. The van der Waals surface area contributed by atoms with Gasteiger partial charge in [-0.1, -0.05) is 0 Å². The Morgan fingerprint density at radius 2 is 2.17 bits per heavy atom. The number of hydrogen-bond donors (Lipinski definition) is 4. The summed E-state index contributed by atoms with van der Waals surface area (Å²) in [6, 6.07) is -0.827. The highest BCUT2D eigenvalue weighted by atomic mass is 19.1. The molecule has 0 aliphatic heterocycles. The van der Waals surface area contributed by atoms with E-state index in [1.807, 2.05) is 0 Å². The van der Waals surface area contributed by atoms with Crippen molar-refractivity contribution in [2.75, 3.05) is 12.3 Å². The maximum atomic E-state index is 13.3. The molecule has 1 aliphatic rings. The van der Waals surface area contributed by atoms with E-state index in [1.165, 1.54) is 0 Å². The molecule has 0 saturated heterocycles. The van der Waals surface area contributed by atoms with Gasteiger partial charge in [0.05, 0.1) is 12.1 Å². The van der Waals surface area contributed by atoms with Crippen LogP contribution in [0.5, 0.6) is 0 Å². The molecule has 0 spiro atoms. The number of anilines is 1. The van der Waals surface area contributed by atoms with Crippen LogP contribution in [0.15, 0.2) is 11.0 Å². The Kier molecular flexibility index (Phi) is 3.33. The normalized spacial score (nSPS) is 31.8. The third-order valence-corrected chi connectivity index (χ3v) is 3.30. The number of aliphatic hydroxyl groups is 3. The average molecular weight is 259 g/mol. The summed E-state index contributed by atoms with van der Waals surface area (Å²) in [6.07, 6.45) is -1.41. The number of halogens is 1. The van der Waals surface area contributed by atoms with Crippen molar-refractivity contribution in [2.24, 2.45) is 5.92 Å². The van der Waals surface area contributed by atoms with Crippen LogP contribution in [-0.2, 0) is 0 Å². The van der Waals surface area contributed by atoms with E-state index in [9.17, 15) is 19.4 Å². The van der Waals surface area contributed by atoms with Crippen LogP contribution in [0.3, 0.4) is 0 Å². The molecule has 2 rings (SSSR count). The lowest BCUT2D eigenvalue weighted by molar-refractivity contribution is -0.00463. The monoisotopic (exact) mass is 259 g/mol. The molecule has 0 bridgehead atoms. The lowest BCUT2D eigenvalue weighted by Gasteiger charge is -2.18. The quantitative estimate of drug-likeness (QED) is 0.499. The first-order valence-electron chi connectivity index (χ1n) is 5.47. The largest absolute Gasteiger partial charge is 0.396 e. The maximum Gasteiger partial charge on any atom is 0.350 e. The zero-order valence-electron chi connectivity index (χ0n) is 9.40. The summed E-state index contributed by atoms with van der Waals surface area (Å²) < 4.78 is 14.2. The van der Waals surface area contributed by atoms with Crippen LogP contribution in [-0.4, -0.2) is 43.7 Å². The zero-order valence-corrected chi connectivity index (χ0v) is 9.40.